The summed E-state index contributed by atoms with van der Waals surface area (Å²) in [5.41, 5.74) is 1.63. The number of nitro groups is 1. The summed E-state index contributed by atoms with van der Waals surface area (Å²) in [5.74, 6) is -0.418. The number of hydrogen-bond acceptors (Lipinski definition) is 6. The van der Waals surface area contributed by atoms with Gasteiger partial charge in [0.1, 0.15) is 6.07 Å². The van der Waals surface area contributed by atoms with Crippen molar-refractivity contribution in [3.8, 4) is 6.07 Å². The number of fused-ring (bicyclic) bond motifs is 1. The van der Waals surface area contributed by atoms with Crippen LogP contribution < -0.4 is 4.90 Å². The molecule has 2 heterocycles. The zero-order valence-electron chi connectivity index (χ0n) is 16.6. The molecular formula is C22H20N4O4. The van der Waals surface area contributed by atoms with Crippen LogP contribution in [0.2, 0.25) is 0 Å². The second-order valence-electron chi connectivity index (χ2n) is 7.47. The number of nitriles is 1. The number of rotatable bonds is 3. The lowest BCUT2D eigenvalue weighted by atomic mass is 10.1. The van der Waals surface area contributed by atoms with Crippen LogP contribution in [-0.4, -0.2) is 40.7 Å². The minimum atomic E-state index is -0.514. The van der Waals surface area contributed by atoms with E-state index in [1.807, 2.05) is 18.7 Å². The number of nitro benzene ring substituents is 1. The zero-order chi connectivity index (χ0) is 21.4. The van der Waals surface area contributed by atoms with Gasteiger partial charge in [0, 0.05) is 36.8 Å². The van der Waals surface area contributed by atoms with Crippen molar-refractivity contribution in [1.29, 1.82) is 5.26 Å². The molecule has 3 aromatic rings. The Morgan fingerprint density at radius 1 is 1.20 bits per heavy atom. The molecule has 152 valence electrons. The van der Waals surface area contributed by atoms with E-state index in [0.717, 1.165) is 0 Å². The molecule has 30 heavy (non-hydrogen) atoms. The van der Waals surface area contributed by atoms with Crippen LogP contribution in [0, 0.1) is 21.4 Å². The molecule has 0 amide bonds. The van der Waals surface area contributed by atoms with Gasteiger partial charge in [0.05, 0.1) is 39.5 Å². The van der Waals surface area contributed by atoms with Crippen molar-refractivity contribution in [3.63, 3.8) is 0 Å². The minimum Gasteiger partial charge on any atom is -0.372 e. The standard InChI is InChI=1S/C22H20N4O4/c1-14-11-24(12-15(2)30-14)20-8-7-17(26(28)29)9-19(20)22(27)25-13-16(10-23)18-5-3-4-6-21(18)25/h3-9,13-15H,11-12H2,1-2H3/t14-,15-/m0/s1. The van der Waals surface area contributed by atoms with Crippen LogP contribution in [0.1, 0.15) is 29.8 Å². The van der Waals surface area contributed by atoms with Crippen LogP contribution in [0.3, 0.4) is 0 Å². The third kappa shape index (κ3) is 3.40. The number of anilines is 1. The van der Waals surface area contributed by atoms with E-state index in [-0.39, 0.29) is 23.5 Å². The molecule has 1 aliphatic heterocycles. The first kappa shape index (κ1) is 19.6. The van der Waals surface area contributed by atoms with Gasteiger partial charge in [-0.15, -0.1) is 0 Å². The summed E-state index contributed by atoms with van der Waals surface area (Å²) in [6.07, 6.45) is 1.41. The van der Waals surface area contributed by atoms with E-state index in [9.17, 15) is 20.2 Å². The van der Waals surface area contributed by atoms with E-state index in [4.69, 9.17) is 4.74 Å². The fraction of sp³-hybridized carbons (Fsp3) is 0.273. The van der Waals surface area contributed by atoms with Crippen LogP contribution in [0.4, 0.5) is 11.4 Å². The number of benzene rings is 2. The van der Waals surface area contributed by atoms with E-state index >= 15 is 0 Å². The molecule has 0 N–H and O–H groups in total. The normalized spacial score (nSPS) is 18.9. The summed E-state index contributed by atoms with van der Waals surface area (Å²) in [7, 11) is 0. The molecule has 0 aliphatic carbocycles. The Labute approximate surface area is 173 Å². The van der Waals surface area contributed by atoms with Gasteiger partial charge in [-0.1, -0.05) is 18.2 Å². The molecule has 0 saturated carbocycles. The van der Waals surface area contributed by atoms with Crippen LogP contribution in [0.15, 0.2) is 48.7 Å². The van der Waals surface area contributed by atoms with Crippen molar-refractivity contribution in [2.45, 2.75) is 26.1 Å². The fourth-order valence-electron chi connectivity index (χ4n) is 4.03. The lowest BCUT2D eigenvalue weighted by molar-refractivity contribution is -0.384. The molecule has 8 nitrogen and oxygen atoms in total. The molecule has 0 radical (unpaired) electrons. The van der Waals surface area contributed by atoms with Gasteiger partial charge in [0.25, 0.3) is 11.6 Å². The molecule has 1 aliphatic rings. The van der Waals surface area contributed by atoms with Crippen molar-refractivity contribution < 1.29 is 14.5 Å². The second-order valence-corrected chi connectivity index (χ2v) is 7.47. The van der Waals surface area contributed by atoms with Crippen molar-refractivity contribution in [2.75, 3.05) is 18.0 Å². The topological polar surface area (TPSA) is 101 Å². The van der Waals surface area contributed by atoms with Crippen molar-refractivity contribution >= 4 is 28.2 Å². The summed E-state index contributed by atoms with van der Waals surface area (Å²) in [6.45, 7) is 5.04. The maximum atomic E-state index is 13.6. The summed E-state index contributed by atoms with van der Waals surface area (Å²) >= 11 is 0. The van der Waals surface area contributed by atoms with Crippen LogP contribution >= 0.6 is 0 Å². The molecule has 1 fully saturated rings. The van der Waals surface area contributed by atoms with Crippen LogP contribution in [-0.2, 0) is 4.74 Å². The average molecular weight is 404 g/mol. The van der Waals surface area contributed by atoms with Gasteiger partial charge in [-0.3, -0.25) is 19.5 Å². The van der Waals surface area contributed by atoms with Gasteiger partial charge >= 0.3 is 0 Å². The van der Waals surface area contributed by atoms with Crippen molar-refractivity contribution in [1.82, 2.24) is 4.57 Å². The van der Waals surface area contributed by atoms with Crippen LogP contribution in [0.25, 0.3) is 10.9 Å². The van der Waals surface area contributed by atoms with E-state index < -0.39 is 10.8 Å². The minimum absolute atomic E-state index is 0.0375. The predicted octanol–water partition coefficient (Wildman–Crippen LogP) is 3.72. The Hall–Kier alpha value is -3.70. The highest BCUT2D eigenvalue weighted by molar-refractivity contribution is 6.07. The van der Waals surface area contributed by atoms with E-state index in [2.05, 4.69) is 6.07 Å². The maximum Gasteiger partial charge on any atom is 0.270 e. The van der Waals surface area contributed by atoms with Crippen molar-refractivity contribution in [2.24, 2.45) is 0 Å². The summed E-state index contributed by atoms with van der Waals surface area (Å²) < 4.78 is 7.18. The predicted molar refractivity (Wildman–Crippen MR) is 112 cm³/mol. The van der Waals surface area contributed by atoms with E-state index in [0.29, 0.717) is 35.2 Å². The van der Waals surface area contributed by atoms with Gasteiger partial charge in [-0.2, -0.15) is 5.26 Å². The van der Waals surface area contributed by atoms with Gasteiger partial charge in [0.2, 0.25) is 0 Å². The van der Waals surface area contributed by atoms with Crippen LogP contribution in [0.5, 0.6) is 0 Å². The maximum absolute atomic E-state index is 13.6. The Morgan fingerprint density at radius 3 is 2.57 bits per heavy atom. The Balaban J connectivity index is 1.87. The first-order valence-electron chi connectivity index (χ1n) is 9.62. The first-order valence-corrected chi connectivity index (χ1v) is 9.62. The number of non-ortho nitro benzene ring substituents is 1. The molecule has 0 bridgehead atoms. The highest BCUT2D eigenvalue weighted by Gasteiger charge is 2.28. The SMILES string of the molecule is C[C@H]1CN(c2ccc([N+](=O)[O-])cc2C(=O)n2cc(C#N)c3ccccc32)C[C@H](C)O1. The van der Waals surface area contributed by atoms with E-state index in [1.54, 1.807) is 30.3 Å². The number of carbonyl (C=O) groups is 1. The van der Waals surface area contributed by atoms with Gasteiger partial charge in [-0.05, 0) is 26.0 Å². The molecule has 1 saturated heterocycles. The molecule has 0 spiro atoms. The first-order chi connectivity index (χ1) is 14.4. The summed E-state index contributed by atoms with van der Waals surface area (Å²) in [5, 5.41) is 21.5. The average Bonchev–Trinajstić information content (AvgIpc) is 3.11. The number of hydrogen-bond donors (Lipinski definition) is 0. The second kappa shape index (κ2) is 7.61. The molecule has 4 rings (SSSR count). The van der Waals surface area contributed by atoms with Gasteiger partial charge in [0.15, 0.2) is 0 Å². The number of nitrogens with zero attached hydrogens (tertiary/aromatic N) is 4. The lowest BCUT2D eigenvalue weighted by Gasteiger charge is -2.37. The largest absolute Gasteiger partial charge is 0.372 e. The fourth-order valence-corrected chi connectivity index (χ4v) is 4.03. The number of ether oxygens (including phenoxy) is 1. The van der Waals surface area contributed by atoms with Gasteiger partial charge < -0.3 is 9.64 Å². The smallest absolute Gasteiger partial charge is 0.270 e. The summed E-state index contributed by atoms with van der Waals surface area (Å²) in [6, 6.07) is 13.6. The van der Waals surface area contributed by atoms with Crippen molar-refractivity contribution in [3.05, 3.63) is 69.9 Å². The highest BCUT2D eigenvalue weighted by Crippen LogP contribution is 2.30. The number of carbonyl (C=O) groups excluding carboxylic acids is 1. The Kier molecular flexibility index (Phi) is 4.98. The third-order valence-electron chi connectivity index (χ3n) is 5.23. The Morgan fingerprint density at radius 2 is 1.90 bits per heavy atom. The number of aromatic nitrogens is 1. The molecule has 2 aromatic carbocycles. The van der Waals surface area contributed by atoms with Gasteiger partial charge in [-0.25, -0.2) is 0 Å². The zero-order valence-corrected chi connectivity index (χ0v) is 16.6. The quantitative estimate of drug-likeness (QED) is 0.487. The molecule has 2 atom stereocenters. The Bertz CT molecular complexity index is 1180. The monoisotopic (exact) mass is 404 g/mol. The number of morpholine rings is 1. The molecule has 1 aromatic heterocycles. The highest BCUT2D eigenvalue weighted by atomic mass is 16.6. The molecule has 8 heteroatoms. The third-order valence-corrected chi connectivity index (χ3v) is 5.23. The molecular weight excluding hydrogens is 384 g/mol. The lowest BCUT2D eigenvalue weighted by Crippen LogP contribution is -2.46. The van der Waals surface area contributed by atoms with E-state index in [1.165, 1.54) is 22.9 Å². The summed E-state index contributed by atoms with van der Waals surface area (Å²) in [4.78, 5) is 26.4. The molecule has 0 unspecified atom stereocenters. The number of para-hydroxylation sites is 1.